The number of benzene rings is 2. The summed E-state index contributed by atoms with van der Waals surface area (Å²) in [5.41, 5.74) is 4.86. The highest BCUT2D eigenvalue weighted by Gasteiger charge is 2.35. The van der Waals surface area contributed by atoms with Gasteiger partial charge in [0.05, 0.1) is 12.1 Å². The molecule has 4 rings (SSSR count). The number of hydrogen-bond donors (Lipinski definition) is 1. The number of ether oxygens (including phenoxy) is 1. The third kappa shape index (κ3) is 2.38. The third-order valence-electron chi connectivity index (χ3n) is 5.28. The molecule has 2 aliphatic rings. The molecule has 0 saturated carbocycles. The molecule has 2 atom stereocenters. The molecule has 1 heterocycles. The van der Waals surface area contributed by atoms with Crippen molar-refractivity contribution in [3.8, 4) is 11.1 Å². The van der Waals surface area contributed by atoms with E-state index in [1.165, 1.54) is 22.3 Å². The van der Waals surface area contributed by atoms with Crippen molar-refractivity contribution < 1.29 is 14.6 Å². The zero-order valence-corrected chi connectivity index (χ0v) is 13.7. The van der Waals surface area contributed by atoms with Crippen LogP contribution in [-0.4, -0.2) is 41.4 Å². The van der Waals surface area contributed by atoms with Gasteiger partial charge in [0.25, 0.3) is 0 Å². The van der Waals surface area contributed by atoms with Gasteiger partial charge in [0.2, 0.25) is 0 Å². The molecule has 0 aromatic heterocycles. The van der Waals surface area contributed by atoms with Crippen LogP contribution in [0.5, 0.6) is 0 Å². The van der Waals surface area contributed by atoms with Crippen LogP contribution in [0.1, 0.15) is 30.4 Å². The van der Waals surface area contributed by atoms with E-state index in [-0.39, 0.29) is 18.1 Å². The lowest BCUT2D eigenvalue weighted by Gasteiger charge is -2.23. The van der Waals surface area contributed by atoms with Gasteiger partial charge in [-0.05, 0) is 35.6 Å². The summed E-state index contributed by atoms with van der Waals surface area (Å²) >= 11 is 0. The minimum Gasteiger partial charge on any atom is -0.448 e. The molecule has 0 unspecified atom stereocenters. The molecule has 1 aliphatic carbocycles. The van der Waals surface area contributed by atoms with Crippen LogP contribution in [0.15, 0.2) is 48.5 Å². The van der Waals surface area contributed by atoms with Crippen molar-refractivity contribution in [2.45, 2.75) is 31.4 Å². The highest BCUT2D eigenvalue weighted by molar-refractivity contribution is 5.79. The summed E-state index contributed by atoms with van der Waals surface area (Å²) in [4.78, 5) is 14.0. The van der Waals surface area contributed by atoms with Gasteiger partial charge in [-0.1, -0.05) is 48.5 Å². The van der Waals surface area contributed by atoms with E-state index in [1.54, 1.807) is 4.90 Å². The second-order valence-corrected chi connectivity index (χ2v) is 6.59. The van der Waals surface area contributed by atoms with Gasteiger partial charge in [-0.3, -0.25) is 0 Å². The van der Waals surface area contributed by atoms with Gasteiger partial charge in [0.1, 0.15) is 6.61 Å². The third-order valence-corrected chi connectivity index (χ3v) is 5.28. The second kappa shape index (κ2) is 5.95. The van der Waals surface area contributed by atoms with Crippen LogP contribution in [0.2, 0.25) is 0 Å². The fraction of sp³-hybridized carbons (Fsp3) is 0.350. The van der Waals surface area contributed by atoms with E-state index in [2.05, 4.69) is 24.3 Å². The molecule has 1 amide bonds. The Morgan fingerprint density at radius 1 is 1.12 bits per heavy atom. The lowest BCUT2D eigenvalue weighted by Crippen LogP contribution is -2.38. The van der Waals surface area contributed by atoms with Crippen LogP contribution in [0.3, 0.4) is 0 Å². The number of fused-ring (bicyclic) bond motifs is 3. The van der Waals surface area contributed by atoms with E-state index in [4.69, 9.17) is 4.74 Å². The Hall–Kier alpha value is -2.33. The number of amides is 1. The Bertz CT molecular complexity index is 727. The van der Waals surface area contributed by atoms with Crippen LogP contribution in [-0.2, 0) is 4.74 Å². The first-order valence-corrected chi connectivity index (χ1v) is 8.46. The van der Waals surface area contributed by atoms with Crippen LogP contribution >= 0.6 is 0 Å². The van der Waals surface area contributed by atoms with Crippen molar-refractivity contribution in [1.29, 1.82) is 0 Å². The number of rotatable bonds is 2. The topological polar surface area (TPSA) is 49.8 Å². The first-order chi connectivity index (χ1) is 11.7. The Labute approximate surface area is 141 Å². The molecule has 0 radical (unpaired) electrons. The predicted octanol–water partition coefficient (Wildman–Crippen LogP) is 3.39. The van der Waals surface area contributed by atoms with Crippen molar-refractivity contribution >= 4 is 6.09 Å². The number of likely N-dealkylation sites (tertiary alicyclic amines) is 1. The lowest BCUT2D eigenvalue weighted by atomic mass is 9.98. The molecule has 0 spiro atoms. The Morgan fingerprint density at radius 3 is 2.25 bits per heavy atom. The van der Waals surface area contributed by atoms with Gasteiger partial charge in [-0.25, -0.2) is 4.79 Å². The summed E-state index contributed by atoms with van der Waals surface area (Å²) < 4.78 is 5.62. The lowest BCUT2D eigenvalue weighted by molar-refractivity contribution is 0.0795. The molecule has 0 bridgehead atoms. The van der Waals surface area contributed by atoms with Crippen molar-refractivity contribution in [3.05, 3.63) is 59.7 Å². The summed E-state index contributed by atoms with van der Waals surface area (Å²) in [6.07, 6.45) is -0.169. The van der Waals surface area contributed by atoms with Crippen LogP contribution in [0.25, 0.3) is 11.1 Å². The molecule has 1 fully saturated rings. The molecule has 4 heteroatoms. The molecule has 1 N–H and O–H groups in total. The average Bonchev–Trinajstić information content (AvgIpc) is 3.11. The largest absolute Gasteiger partial charge is 0.448 e. The highest BCUT2D eigenvalue weighted by atomic mass is 16.6. The fourth-order valence-corrected chi connectivity index (χ4v) is 3.86. The second-order valence-electron chi connectivity index (χ2n) is 6.59. The zero-order chi connectivity index (χ0) is 16.7. The zero-order valence-electron chi connectivity index (χ0n) is 13.7. The summed E-state index contributed by atoms with van der Waals surface area (Å²) in [5, 5.41) is 9.81. The Morgan fingerprint density at radius 2 is 1.71 bits per heavy atom. The first-order valence-electron chi connectivity index (χ1n) is 8.46. The van der Waals surface area contributed by atoms with E-state index in [0.29, 0.717) is 19.6 Å². The monoisotopic (exact) mass is 323 g/mol. The summed E-state index contributed by atoms with van der Waals surface area (Å²) in [6, 6.07) is 16.4. The maximum Gasteiger partial charge on any atom is 0.410 e. The van der Waals surface area contributed by atoms with Gasteiger partial charge < -0.3 is 14.7 Å². The first kappa shape index (κ1) is 15.2. The van der Waals surface area contributed by atoms with Crippen molar-refractivity contribution in [1.82, 2.24) is 4.90 Å². The SMILES string of the molecule is C[C@@H]1[C@@H](O)CCN1C(=O)OCC1c2ccccc2-c2ccccc21. The van der Waals surface area contributed by atoms with Gasteiger partial charge in [0.15, 0.2) is 0 Å². The van der Waals surface area contributed by atoms with E-state index >= 15 is 0 Å². The predicted molar refractivity (Wildman–Crippen MR) is 91.9 cm³/mol. The summed E-state index contributed by atoms with van der Waals surface area (Å²) in [5.74, 6) is 0.0733. The van der Waals surface area contributed by atoms with Gasteiger partial charge in [-0.2, -0.15) is 0 Å². The number of hydrogen-bond acceptors (Lipinski definition) is 3. The fourth-order valence-electron chi connectivity index (χ4n) is 3.86. The van der Waals surface area contributed by atoms with Crippen molar-refractivity contribution in [3.63, 3.8) is 0 Å². The highest BCUT2D eigenvalue weighted by Crippen LogP contribution is 2.44. The van der Waals surface area contributed by atoms with Crippen LogP contribution < -0.4 is 0 Å². The van der Waals surface area contributed by atoms with E-state index in [1.807, 2.05) is 31.2 Å². The number of carbonyl (C=O) groups is 1. The van der Waals surface area contributed by atoms with Crippen molar-refractivity contribution in [2.24, 2.45) is 0 Å². The smallest absolute Gasteiger partial charge is 0.410 e. The normalized spacial score (nSPS) is 22.3. The van der Waals surface area contributed by atoms with Crippen molar-refractivity contribution in [2.75, 3.05) is 13.2 Å². The molecule has 2 aromatic carbocycles. The summed E-state index contributed by atoms with van der Waals surface area (Å²) in [6.45, 7) is 2.74. The maximum absolute atomic E-state index is 12.4. The molecule has 124 valence electrons. The molecular formula is C20H21NO3. The Balaban J connectivity index is 1.54. The minimum atomic E-state index is -0.453. The maximum atomic E-state index is 12.4. The molecule has 4 nitrogen and oxygen atoms in total. The van der Waals surface area contributed by atoms with Gasteiger partial charge in [0, 0.05) is 12.5 Å². The van der Waals surface area contributed by atoms with E-state index in [0.717, 1.165) is 0 Å². The molecule has 2 aromatic rings. The molecule has 1 aliphatic heterocycles. The number of aliphatic hydroxyl groups is 1. The molecule has 1 saturated heterocycles. The number of nitrogens with zero attached hydrogens (tertiary/aromatic N) is 1. The van der Waals surface area contributed by atoms with Gasteiger partial charge >= 0.3 is 6.09 Å². The Kier molecular flexibility index (Phi) is 3.77. The molecular weight excluding hydrogens is 302 g/mol. The van der Waals surface area contributed by atoms with E-state index < -0.39 is 6.10 Å². The summed E-state index contributed by atoms with van der Waals surface area (Å²) in [7, 11) is 0. The quantitative estimate of drug-likeness (QED) is 0.921. The van der Waals surface area contributed by atoms with Gasteiger partial charge in [-0.15, -0.1) is 0 Å². The number of aliphatic hydroxyl groups excluding tert-OH is 1. The minimum absolute atomic E-state index is 0.0733. The molecule has 24 heavy (non-hydrogen) atoms. The number of carbonyl (C=O) groups excluding carboxylic acids is 1. The van der Waals surface area contributed by atoms with E-state index in [9.17, 15) is 9.90 Å². The standard InChI is InChI=1S/C20H21NO3/c1-13-19(22)10-11-21(13)20(23)24-12-18-16-8-4-2-6-14(16)15-7-3-5-9-17(15)18/h2-9,13,18-19,22H,10-12H2,1H3/t13-,19+/m1/s1. The van der Waals surface area contributed by atoms with Crippen LogP contribution in [0, 0.1) is 0 Å². The van der Waals surface area contributed by atoms with Crippen LogP contribution in [0.4, 0.5) is 4.79 Å². The average molecular weight is 323 g/mol.